The molecule has 1 amide bonds. The van der Waals surface area contributed by atoms with Gasteiger partial charge in [-0.25, -0.2) is 22.5 Å². The monoisotopic (exact) mass is 507 g/mol. The normalized spacial score (nSPS) is 10.9. The molecule has 0 radical (unpaired) electrons. The van der Waals surface area contributed by atoms with Crippen LogP contribution in [0.4, 0.5) is 17.6 Å². The summed E-state index contributed by atoms with van der Waals surface area (Å²) in [6.45, 7) is -0.641. The molecule has 4 rings (SSSR count). The van der Waals surface area contributed by atoms with E-state index in [2.05, 4.69) is 10.3 Å². The Hall–Kier alpha value is -4.12. The molecule has 0 atom stereocenters. The van der Waals surface area contributed by atoms with E-state index in [4.69, 9.17) is 20.8 Å². The Bertz CT molecular complexity index is 1430. The highest BCUT2D eigenvalue weighted by atomic mass is 35.5. The molecule has 7 nitrogen and oxygen atoms in total. The van der Waals surface area contributed by atoms with Gasteiger partial charge < -0.3 is 14.5 Å². The smallest absolute Gasteiger partial charge is 0.287 e. The van der Waals surface area contributed by atoms with Crippen LogP contribution in [0.5, 0.6) is 5.88 Å². The van der Waals surface area contributed by atoms with E-state index in [1.807, 2.05) is 0 Å². The molecule has 0 saturated heterocycles. The highest BCUT2D eigenvalue weighted by molar-refractivity contribution is 6.31. The molecule has 4 aromatic rings. The van der Waals surface area contributed by atoms with Gasteiger partial charge in [-0.05, 0) is 42.0 Å². The number of amides is 1. The average molecular weight is 508 g/mol. The van der Waals surface area contributed by atoms with Crippen LogP contribution in [-0.2, 0) is 13.2 Å². The van der Waals surface area contributed by atoms with Crippen LogP contribution in [0, 0.1) is 23.3 Å². The number of furan rings is 1. The summed E-state index contributed by atoms with van der Waals surface area (Å²) in [5, 5.41) is 1.84. The number of nitrogens with one attached hydrogen (secondary N) is 1. The van der Waals surface area contributed by atoms with Crippen molar-refractivity contribution in [1.82, 2.24) is 14.9 Å². The van der Waals surface area contributed by atoms with Crippen molar-refractivity contribution in [2.75, 3.05) is 0 Å². The van der Waals surface area contributed by atoms with Crippen LogP contribution in [0.25, 0.3) is 5.69 Å². The molecule has 0 aliphatic heterocycles. The summed E-state index contributed by atoms with van der Waals surface area (Å²) < 4.78 is 67.0. The van der Waals surface area contributed by atoms with E-state index in [-0.39, 0.29) is 23.4 Å². The topological polar surface area (TPSA) is 86.4 Å². The van der Waals surface area contributed by atoms with Gasteiger partial charge in [-0.15, -0.1) is 0 Å². The number of carbonyl (C=O) groups is 1. The minimum atomic E-state index is -1.12. The molecule has 0 saturated carbocycles. The lowest BCUT2D eigenvalue weighted by atomic mass is 10.1. The molecule has 1 N–H and O–H groups in total. The molecule has 35 heavy (non-hydrogen) atoms. The maximum Gasteiger partial charge on any atom is 0.287 e. The maximum absolute atomic E-state index is 14.7. The molecule has 0 aliphatic carbocycles. The van der Waals surface area contributed by atoms with Crippen LogP contribution in [0.2, 0.25) is 5.02 Å². The van der Waals surface area contributed by atoms with Crippen LogP contribution in [-0.4, -0.2) is 15.5 Å². The van der Waals surface area contributed by atoms with E-state index in [1.165, 1.54) is 18.4 Å². The second-order valence-electron chi connectivity index (χ2n) is 7.13. The third-order valence-corrected chi connectivity index (χ3v) is 5.10. The van der Waals surface area contributed by atoms with Gasteiger partial charge in [-0.3, -0.25) is 14.2 Å². The Morgan fingerprint density at radius 1 is 1.09 bits per heavy atom. The number of hydrogen-bond acceptors (Lipinski definition) is 5. The molecular formula is C23H14ClF4N3O4. The number of benzene rings is 2. The van der Waals surface area contributed by atoms with Crippen molar-refractivity contribution in [2.45, 2.75) is 13.2 Å². The lowest BCUT2D eigenvalue weighted by Gasteiger charge is -2.13. The van der Waals surface area contributed by atoms with Crippen LogP contribution >= 0.6 is 11.6 Å². The predicted octanol–water partition coefficient (Wildman–Crippen LogP) is 4.54. The number of carbonyl (C=O) groups excluding carboxylic acids is 1. The summed E-state index contributed by atoms with van der Waals surface area (Å²) in [7, 11) is 0. The first-order valence-electron chi connectivity index (χ1n) is 9.88. The summed E-state index contributed by atoms with van der Waals surface area (Å²) in [6.07, 6.45) is 2.10. The van der Waals surface area contributed by atoms with E-state index in [9.17, 15) is 27.2 Å². The van der Waals surface area contributed by atoms with Gasteiger partial charge in [-0.2, -0.15) is 0 Å². The zero-order valence-corrected chi connectivity index (χ0v) is 18.3. The molecule has 0 fully saturated rings. The molecule has 12 heteroatoms. The lowest BCUT2D eigenvalue weighted by Crippen LogP contribution is -2.24. The van der Waals surface area contributed by atoms with Gasteiger partial charge in [0.05, 0.1) is 6.26 Å². The summed E-state index contributed by atoms with van der Waals surface area (Å²) in [6, 6.07) is 7.62. The zero-order chi connectivity index (χ0) is 25.1. The molecule has 0 bridgehead atoms. The van der Waals surface area contributed by atoms with E-state index < -0.39 is 57.9 Å². The van der Waals surface area contributed by atoms with Crippen molar-refractivity contribution in [3.05, 3.63) is 111 Å². The van der Waals surface area contributed by atoms with E-state index in [0.29, 0.717) is 10.6 Å². The highest BCUT2D eigenvalue weighted by Crippen LogP contribution is 2.23. The fraction of sp³-hybridized carbons (Fsp3) is 0.0870. The lowest BCUT2D eigenvalue weighted by molar-refractivity contribution is 0.0923. The third kappa shape index (κ3) is 5.19. The van der Waals surface area contributed by atoms with Crippen molar-refractivity contribution < 1.29 is 31.5 Å². The molecule has 2 aromatic heterocycles. The average Bonchev–Trinajstić information content (AvgIpc) is 3.35. The minimum Gasteiger partial charge on any atom is -0.471 e. The van der Waals surface area contributed by atoms with Crippen molar-refractivity contribution in [2.24, 2.45) is 0 Å². The number of halogens is 5. The van der Waals surface area contributed by atoms with E-state index in [1.54, 1.807) is 0 Å². The molecule has 2 aromatic carbocycles. The largest absolute Gasteiger partial charge is 0.471 e. The number of nitrogens with zero attached hydrogens (tertiary/aromatic N) is 2. The first-order chi connectivity index (χ1) is 16.7. The quantitative estimate of drug-likeness (QED) is 0.371. The number of ether oxygens (including phenoxy) is 1. The second kappa shape index (κ2) is 10.0. The van der Waals surface area contributed by atoms with Crippen LogP contribution in [0.15, 0.2) is 64.3 Å². The molecular weight excluding hydrogens is 494 g/mol. The zero-order valence-electron chi connectivity index (χ0n) is 17.5. The van der Waals surface area contributed by atoms with E-state index >= 15 is 0 Å². The summed E-state index contributed by atoms with van der Waals surface area (Å²) in [5.74, 6) is -4.85. The Balaban J connectivity index is 1.53. The summed E-state index contributed by atoms with van der Waals surface area (Å²) >= 11 is 5.97. The fourth-order valence-electron chi connectivity index (χ4n) is 3.09. The summed E-state index contributed by atoms with van der Waals surface area (Å²) in [4.78, 5) is 28.3. The summed E-state index contributed by atoms with van der Waals surface area (Å²) in [5.41, 5.74) is -1.74. The Labute approximate surface area is 199 Å². The van der Waals surface area contributed by atoms with Gasteiger partial charge in [0.1, 0.15) is 30.3 Å². The van der Waals surface area contributed by atoms with Gasteiger partial charge in [0.25, 0.3) is 11.5 Å². The van der Waals surface area contributed by atoms with Crippen LogP contribution in [0.3, 0.4) is 0 Å². The van der Waals surface area contributed by atoms with Crippen molar-refractivity contribution >= 4 is 17.5 Å². The fourth-order valence-corrected chi connectivity index (χ4v) is 3.28. The standard InChI is InChI=1S/C23H14ClF4N3O4/c24-19-22(35-10-13-3-4-14(25)8-15(13)26)30-11-31(23(19)33)20-16(27)6-12(7-17(20)28)9-29-21(32)18-2-1-5-34-18/h1-8,11H,9-10H2,(H,29,32). The molecule has 0 aliphatic rings. The van der Waals surface area contributed by atoms with Gasteiger partial charge in [0, 0.05) is 18.2 Å². The highest BCUT2D eigenvalue weighted by Gasteiger charge is 2.20. The van der Waals surface area contributed by atoms with Crippen LogP contribution in [0.1, 0.15) is 21.7 Å². The van der Waals surface area contributed by atoms with Crippen molar-refractivity contribution in [3.8, 4) is 11.6 Å². The molecule has 2 heterocycles. The predicted molar refractivity (Wildman–Crippen MR) is 115 cm³/mol. The first-order valence-corrected chi connectivity index (χ1v) is 10.3. The molecule has 180 valence electrons. The Morgan fingerprint density at radius 2 is 1.83 bits per heavy atom. The van der Waals surface area contributed by atoms with E-state index in [0.717, 1.165) is 30.6 Å². The number of rotatable bonds is 7. The number of aromatic nitrogens is 2. The first kappa shape index (κ1) is 24.0. The minimum absolute atomic E-state index is 0.0271. The van der Waals surface area contributed by atoms with Gasteiger partial charge in [0.15, 0.2) is 22.4 Å². The van der Waals surface area contributed by atoms with Gasteiger partial charge >= 0.3 is 0 Å². The second-order valence-corrected chi connectivity index (χ2v) is 7.51. The Morgan fingerprint density at radius 3 is 2.49 bits per heavy atom. The van der Waals surface area contributed by atoms with Gasteiger partial charge in [-0.1, -0.05) is 11.6 Å². The third-order valence-electron chi connectivity index (χ3n) is 4.78. The Kier molecular flexibility index (Phi) is 6.87. The molecule has 0 unspecified atom stereocenters. The maximum atomic E-state index is 14.7. The van der Waals surface area contributed by atoms with Crippen LogP contribution < -0.4 is 15.6 Å². The molecule has 0 spiro atoms. The number of hydrogen-bond donors (Lipinski definition) is 1. The van der Waals surface area contributed by atoms with Crippen molar-refractivity contribution in [1.29, 1.82) is 0 Å². The van der Waals surface area contributed by atoms with Gasteiger partial charge in [0.2, 0.25) is 5.88 Å². The van der Waals surface area contributed by atoms with Crippen molar-refractivity contribution in [3.63, 3.8) is 0 Å². The SMILES string of the molecule is O=C(NCc1cc(F)c(-n2cnc(OCc3ccc(F)cc3F)c(Cl)c2=O)c(F)c1)c1ccco1.